The lowest BCUT2D eigenvalue weighted by Gasteiger charge is -2.14. The summed E-state index contributed by atoms with van der Waals surface area (Å²) in [7, 11) is 3.24. The predicted molar refractivity (Wildman–Crippen MR) is 101 cm³/mol. The van der Waals surface area contributed by atoms with Gasteiger partial charge in [0.1, 0.15) is 5.75 Å². The Morgan fingerprint density at radius 3 is 2.48 bits per heavy atom. The summed E-state index contributed by atoms with van der Waals surface area (Å²) in [5, 5.41) is 11.9. The summed E-state index contributed by atoms with van der Waals surface area (Å²) in [5.41, 5.74) is 1.34. The van der Waals surface area contributed by atoms with Gasteiger partial charge in [-0.2, -0.15) is 0 Å². The number of anilines is 1. The van der Waals surface area contributed by atoms with Crippen molar-refractivity contribution in [3.8, 4) is 5.75 Å². The molecule has 7 nitrogen and oxygen atoms in total. The molecule has 142 valence electrons. The molecule has 0 spiro atoms. The highest BCUT2D eigenvalue weighted by Gasteiger charge is 2.16. The van der Waals surface area contributed by atoms with E-state index < -0.39 is 17.8 Å². The maximum Gasteiger partial charge on any atom is 0.310 e. The number of hydrogen-bond donors (Lipinski definition) is 2. The number of para-hydroxylation sites is 1. The molecule has 2 rings (SSSR count). The highest BCUT2D eigenvalue weighted by atomic mass is 16.5. The Kier molecular flexibility index (Phi) is 6.54. The number of ether oxygens (including phenoxy) is 1. The molecule has 0 fully saturated rings. The van der Waals surface area contributed by atoms with Gasteiger partial charge in [-0.05, 0) is 36.8 Å². The lowest BCUT2D eigenvalue weighted by molar-refractivity contribution is -0.138. The van der Waals surface area contributed by atoms with Crippen molar-refractivity contribution in [2.24, 2.45) is 0 Å². The van der Waals surface area contributed by atoms with Crippen molar-refractivity contribution in [2.75, 3.05) is 26.0 Å². The van der Waals surface area contributed by atoms with E-state index in [4.69, 9.17) is 9.84 Å². The van der Waals surface area contributed by atoms with Gasteiger partial charge in [0.05, 0.1) is 11.5 Å². The number of likely N-dealkylation sites (N-methyl/N-ethyl adjacent to an activating group) is 1. The van der Waals surface area contributed by atoms with Crippen LogP contribution in [0.15, 0.2) is 48.5 Å². The highest BCUT2D eigenvalue weighted by Crippen LogP contribution is 2.22. The molecule has 0 aromatic heterocycles. The van der Waals surface area contributed by atoms with E-state index in [1.54, 1.807) is 69.6 Å². The van der Waals surface area contributed by atoms with Gasteiger partial charge < -0.3 is 20.1 Å². The zero-order valence-corrected chi connectivity index (χ0v) is 15.4. The summed E-state index contributed by atoms with van der Waals surface area (Å²) in [4.78, 5) is 36.9. The summed E-state index contributed by atoms with van der Waals surface area (Å²) in [6.45, 7) is 1.40. The number of rotatable bonds is 7. The number of benzene rings is 2. The van der Waals surface area contributed by atoms with E-state index in [1.165, 1.54) is 4.90 Å². The van der Waals surface area contributed by atoms with Gasteiger partial charge in [0.2, 0.25) is 0 Å². The molecular weight excluding hydrogens is 348 g/mol. The number of amides is 2. The number of aliphatic carboxylic acids is 1. The van der Waals surface area contributed by atoms with Crippen LogP contribution in [0.2, 0.25) is 0 Å². The Bertz CT molecular complexity index is 848. The summed E-state index contributed by atoms with van der Waals surface area (Å²) in [6.07, 6.45) is 0. The molecule has 2 amide bonds. The van der Waals surface area contributed by atoms with Crippen molar-refractivity contribution >= 4 is 23.5 Å². The second-order valence-corrected chi connectivity index (χ2v) is 6.21. The third kappa shape index (κ3) is 5.31. The maximum absolute atomic E-state index is 12.6. The molecule has 2 N–H and O–H groups in total. The van der Waals surface area contributed by atoms with Crippen LogP contribution in [0.3, 0.4) is 0 Å². The first-order chi connectivity index (χ1) is 12.8. The third-order valence-electron chi connectivity index (χ3n) is 4.00. The number of hydrogen-bond acceptors (Lipinski definition) is 4. The topological polar surface area (TPSA) is 95.9 Å². The second kappa shape index (κ2) is 8.84. The van der Waals surface area contributed by atoms with Crippen LogP contribution in [0.4, 0.5) is 5.69 Å². The first-order valence-corrected chi connectivity index (χ1v) is 8.35. The molecular formula is C20H22N2O5. The minimum atomic E-state index is -0.942. The first-order valence-electron chi connectivity index (χ1n) is 8.35. The monoisotopic (exact) mass is 370 g/mol. The SMILES string of the molecule is CC(C(=O)O)c1cccc(NC(=O)c2ccccc2OCC(=O)N(C)C)c1. The second-order valence-electron chi connectivity index (χ2n) is 6.21. The van der Waals surface area contributed by atoms with Crippen molar-refractivity contribution in [3.63, 3.8) is 0 Å². The Balaban J connectivity index is 2.16. The minimum absolute atomic E-state index is 0.178. The van der Waals surface area contributed by atoms with Crippen molar-refractivity contribution in [2.45, 2.75) is 12.8 Å². The molecule has 0 aliphatic rings. The zero-order valence-electron chi connectivity index (χ0n) is 15.4. The van der Waals surface area contributed by atoms with E-state index in [9.17, 15) is 14.4 Å². The van der Waals surface area contributed by atoms with Gasteiger partial charge in [-0.25, -0.2) is 0 Å². The molecule has 1 atom stereocenters. The van der Waals surface area contributed by atoms with E-state index in [-0.39, 0.29) is 18.1 Å². The van der Waals surface area contributed by atoms with Gasteiger partial charge in [-0.1, -0.05) is 24.3 Å². The van der Waals surface area contributed by atoms with Gasteiger partial charge in [-0.15, -0.1) is 0 Å². The smallest absolute Gasteiger partial charge is 0.310 e. The Morgan fingerprint density at radius 2 is 1.81 bits per heavy atom. The highest BCUT2D eigenvalue weighted by molar-refractivity contribution is 6.06. The van der Waals surface area contributed by atoms with E-state index in [1.807, 2.05) is 0 Å². The molecule has 0 saturated carbocycles. The summed E-state index contributed by atoms with van der Waals surface area (Å²) >= 11 is 0. The quantitative estimate of drug-likeness (QED) is 0.781. The van der Waals surface area contributed by atoms with E-state index in [0.29, 0.717) is 17.0 Å². The molecule has 0 aliphatic heterocycles. The Labute approximate surface area is 157 Å². The molecule has 7 heteroatoms. The van der Waals surface area contributed by atoms with Crippen LogP contribution >= 0.6 is 0 Å². The molecule has 0 aliphatic carbocycles. The molecule has 2 aromatic carbocycles. The van der Waals surface area contributed by atoms with Crippen LogP contribution in [0.5, 0.6) is 5.75 Å². The van der Waals surface area contributed by atoms with Gasteiger partial charge in [0.15, 0.2) is 6.61 Å². The summed E-state index contributed by atoms with van der Waals surface area (Å²) in [6, 6.07) is 13.3. The third-order valence-corrected chi connectivity index (χ3v) is 4.00. The predicted octanol–water partition coefficient (Wildman–Crippen LogP) is 2.59. The summed E-state index contributed by atoms with van der Waals surface area (Å²) < 4.78 is 5.48. The molecule has 0 radical (unpaired) electrons. The lowest BCUT2D eigenvalue weighted by Crippen LogP contribution is -2.28. The van der Waals surface area contributed by atoms with Crippen LogP contribution in [0.25, 0.3) is 0 Å². The fraction of sp³-hybridized carbons (Fsp3) is 0.250. The molecule has 27 heavy (non-hydrogen) atoms. The van der Waals surface area contributed by atoms with Crippen LogP contribution in [0.1, 0.15) is 28.8 Å². The van der Waals surface area contributed by atoms with Crippen LogP contribution in [-0.2, 0) is 9.59 Å². The van der Waals surface area contributed by atoms with Gasteiger partial charge in [-0.3, -0.25) is 14.4 Å². The molecule has 1 unspecified atom stereocenters. The fourth-order valence-corrected chi connectivity index (χ4v) is 2.28. The van der Waals surface area contributed by atoms with Gasteiger partial charge >= 0.3 is 5.97 Å². The number of carbonyl (C=O) groups excluding carboxylic acids is 2. The van der Waals surface area contributed by atoms with Crippen molar-refractivity contribution in [1.29, 1.82) is 0 Å². The number of carboxylic acid groups (broad SMARTS) is 1. The number of carbonyl (C=O) groups is 3. The van der Waals surface area contributed by atoms with Crippen molar-refractivity contribution < 1.29 is 24.2 Å². The van der Waals surface area contributed by atoms with Gasteiger partial charge in [0.25, 0.3) is 11.8 Å². The normalized spacial score (nSPS) is 11.4. The zero-order chi connectivity index (χ0) is 20.0. The van der Waals surface area contributed by atoms with Gasteiger partial charge in [0, 0.05) is 19.8 Å². The standard InChI is InChI=1S/C20H22N2O5/c1-13(20(25)26)14-7-6-8-15(11-14)21-19(24)16-9-4-5-10-17(16)27-12-18(23)22(2)3/h4-11,13H,12H2,1-3H3,(H,21,24)(H,25,26). The van der Waals surface area contributed by atoms with E-state index in [2.05, 4.69) is 5.32 Å². The summed E-state index contributed by atoms with van der Waals surface area (Å²) in [5.74, 6) is -1.97. The Hall–Kier alpha value is -3.35. The van der Waals surface area contributed by atoms with Crippen LogP contribution < -0.4 is 10.1 Å². The van der Waals surface area contributed by atoms with Crippen molar-refractivity contribution in [1.82, 2.24) is 4.90 Å². The average molecular weight is 370 g/mol. The van der Waals surface area contributed by atoms with Crippen LogP contribution in [0, 0.1) is 0 Å². The fourth-order valence-electron chi connectivity index (χ4n) is 2.28. The van der Waals surface area contributed by atoms with E-state index >= 15 is 0 Å². The number of carboxylic acids is 1. The molecule has 2 aromatic rings. The number of nitrogens with one attached hydrogen (secondary N) is 1. The van der Waals surface area contributed by atoms with E-state index in [0.717, 1.165) is 0 Å². The molecule has 0 saturated heterocycles. The maximum atomic E-state index is 12.6. The molecule has 0 heterocycles. The van der Waals surface area contributed by atoms with Crippen molar-refractivity contribution in [3.05, 3.63) is 59.7 Å². The average Bonchev–Trinajstić information content (AvgIpc) is 2.65. The van der Waals surface area contributed by atoms with Crippen LogP contribution in [-0.4, -0.2) is 48.5 Å². The first kappa shape index (κ1) is 20.0. The minimum Gasteiger partial charge on any atom is -0.483 e. The number of nitrogens with zero attached hydrogens (tertiary/aromatic N) is 1. The largest absolute Gasteiger partial charge is 0.483 e. The lowest BCUT2D eigenvalue weighted by atomic mass is 10.0. The Morgan fingerprint density at radius 1 is 1.11 bits per heavy atom. The molecule has 0 bridgehead atoms.